The number of hydrogen-bond donors (Lipinski definition) is 1. The van der Waals surface area contributed by atoms with Crippen molar-refractivity contribution in [1.82, 2.24) is 10.2 Å². The second kappa shape index (κ2) is 12.9. The number of benzene rings is 2. The normalized spacial score (nSPS) is 16.2. The van der Waals surface area contributed by atoms with Crippen LogP contribution >= 0.6 is 0 Å². The van der Waals surface area contributed by atoms with Gasteiger partial charge < -0.3 is 29.2 Å². The first-order chi connectivity index (χ1) is 20.2. The first-order valence-corrected chi connectivity index (χ1v) is 14.8. The molecule has 10 nitrogen and oxygen atoms in total. The third-order valence-electron chi connectivity index (χ3n) is 7.48. The average molecular weight is 596 g/mol. The van der Waals surface area contributed by atoms with E-state index in [0.29, 0.717) is 51.4 Å². The number of nitrogens with one attached hydrogen (secondary N) is 1. The van der Waals surface area contributed by atoms with Gasteiger partial charge in [-0.1, -0.05) is 6.07 Å². The van der Waals surface area contributed by atoms with Gasteiger partial charge in [0.2, 0.25) is 5.54 Å². The molecule has 2 aromatic rings. The standard InChI is InChI=1S/C33H45N3O7/c1-31(2,3)42-29(38)33(30(39)43-32(4,5)6,22-34-28(37)24-8-9-25-21-41-19-14-23(25)20-24)36-17-15-35(16-18-36)26-10-12-27(40-7)13-11-26/h8-13,20H,14-19,21-22H2,1-7H3,(H,34,37). The van der Waals surface area contributed by atoms with Crippen molar-refractivity contribution in [2.75, 3.05) is 51.3 Å². The molecule has 0 bridgehead atoms. The Bertz CT molecular complexity index is 1280. The van der Waals surface area contributed by atoms with Crippen molar-refractivity contribution in [3.8, 4) is 5.75 Å². The maximum Gasteiger partial charge on any atom is 0.340 e. The van der Waals surface area contributed by atoms with E-state index in [9.17, 15) is 14.4 Å². The third kappa shape index (κ3) is 7.86. The van der Waals surface area contributed by atoms with Crippen LogP contribution in [0.2, 0.25) is 0 Å². The highest BCUT2D eigenvalue weighted by Gasteiger charge is 2.56. The number of carbonyl (C=O) groups excluding carboxylic acids is 3. The zero-order valence-corrected chi connectivity index (χ0v) is 26.5. The van der Waals surface area contributed by atoms with E-state index in [4.69, 9.17) is 18.9 Å². The first-order valence-electron chi connectivity index (χ1n) is 14.8. The number of piperazine rings is 1. The molecule has 2 heterocycles. The number of hydrogen-bond acceptors (Lipinski definition) is 9. The summed E-state index contributed by atoms with van der Waals surface area (Å²) in [6, 6.07) is 13.2. The van der Waals surface area contributed by atoms with E-state index in [1.165, 1.54) is 0 Å². The molecule has 0 aromatic heterocycles. The number of rotatable bonds is 8. The molecule has 43 heavy (non-hydrogen) atoms. The molecule has 0 unspecified atom stereocenters. The summed E-state index contributed by atoms with van der Waals surface area (Å²) in [4.78, 5) is 45.7. The highest BCUT2D eigenvalue weighted by Crippen LogP contribution is 2.29. The van der Waals surface area contributed by atoms with E-state index in [-0.39, 0.29) is 12.5 Å². The van der Waals surface area contributed by atoms with E-state index in [1.54, 1.807) is 59.6 Å². The average Bonchev–Trinajstić information content (AvgIpc) is 2.95. The Hall–Kier alpha value is -3.63. The molecule has 0 radical (unpaired) electrons. The lowest BCUT2D eigenvalue weighted by Crippen LogP contribution is -2.70. The van der Waals surface area contributed by atoms with Crippen molar-refractivity contribution in [3.63, 3.8) is 0 Å². The summed E-state index contributed by atoms with van der Waals surface area (Å²) in [5.74, 6) is -1.13. The van der Waals surface area contributed by atoms with Crippen molar-refractivity contribution in [3.05, 3.63) is 59.2 Å². The number of nitrogens with zero attached hydrogens (tertiary/aromatic N) is 2. The lowest BCUT2D eigenvalue weighted by Gasteiger charge is -2.46. The van der Waals surface area contributed by atoms with E-state index in [1.807, 2.05) is 36.4 Å². The van der Waals surface area contributed by atoms with Crippen LogP contribution in [0, 0.1) is 0 Å². The minimum Gasteiger partial charge on any atom is -0.497 e. The maximum absolute atomic E-state index is 14.1. The van der Waals surface area contributed by atoms with Crippen LogP contribution in [0.25, 0.3) is 0 Å². The second-order valence-corrected chi connectivity index (χ2v) is 13.0. The summed E-state index contributed by atoms with van der Waals surface area (Å²) in [6.45, 7) is 13.1. The van der Waals surface area contributed by atoms with Gasteiger partial charge in [-0.3, -0.25) is 9.69 Å². The monoisotopic (exact) mass is 595 g/mol. The lowest BCUT2D eigenvalue weighted by atomic mass is 9.93. The zero-order chi connectivity index (χ0) is 31.4. The van der Waals surface area contributed by atoms with Gasteiger partial charge in [0.1, 0.15) is 17.0 Å². The van der Waals surface area contributed by atoms with E-state index >= 15 is 0 Å². The first kappa shape index (κ1) is 32.3. The molecular formula is C33H45N3O7. The molecule has 2 aliphatic rings. The predicted octanol–water partition coefficient (Wildman–Crippen LogP) is 3.74. The highest BCUT2D eigenvalue weighted by atomic mass is 16.6. The van der Waals surface area contributed by atoms with E-state index in [0.717, 1.165) is 22.6 Å². The van der Waals surface area contributed by atoms with Gasteiger partial charge >= 0.3 is 11.9 Å². The van der Waals surface area contributed by atoms with Crippen LogP contribution in [0.15, 0.2) is 42.5 Å². The Morgan fingerprint density at radius 2 is 1.44 bits per heavy atom. The fraction of sp³-hybridized carbons (Fsp3) is 0.545. The zero-order valence-electron chi connectivity index (χ0n) is 26.5. The molecule has 0 atom stereocenters. The van der Waals surface area contributed by atoms with E-state index in [2.05, 4.69) is 10.2 Å². The fourth-order valence-corrected chi connectivity index (χ4v) is 5.28. The number of amides is 1. The molecule has 1 N–H and O–H groups in total. The highest BCUT2D eigenvalue weighted by molar-refractivity contribution is 6.06. The second-order valence-electron chi connectivity index (χ2n) is 13.0. The van der Waals surface area contributed by atoms with Gasteiger partial charge in [-0.15, -0.1) is 0 Å². The van der Waals surface area contributed by atoms with Gasteiger partial charge in [-0.05, 0) is 95.5 Å². The van der Waals surface area contributed by atoms with Gasteiger partial charge in [-0.25, -0.2) is 9.59 Å². The molecular weight excluding hydrogens is 550 g/mol. The van der Waals surface area contributed by atoms with Crippen LogP contribution in [0.4, 0.5) is 5.69 Å². The number of anilines is 1. The summed E-state index contributed by atoms with van der Waals surface area (Å²) in [7, 11) is 1.63. The van der Waals surface area contributed by atoms with Crippen LogP contribution in [0.3, 0.4) is 0 Å². The smallest absolute Gasteiger partial charge is 0.340 e. The quantitative estimate of drug-likeness (QED) is 0.361. The number of methoxy groups -OCH3 is 1. The fourth-order valence-electron chi connectivity index (χ4n) is 5.28. The Balaban J connectivity index is 1.64. The predicted molar refractivity (Wildman–Crippen MR) is 163 cm³/mol. The Morgan fingerprint density at radius 3 is 2.00 bits per heavy atom. The van der Waals surface area contributed by atoms with Crippen LogP contribution in [-0.4, -0.2) is 85.9 Å². The largest absolute Gasteiger partial charge is 0.497 e. The van der Waals surface area contributed by atoms with Crippen LogP contribution in [-0.2, 0) is 36.8 Å². The summed E-state index contributed by atoms with van der Waals surface area (Å²) in [5, 5.41) is 2.89. The molecule has 4 rings (SSSR count). The Morgan fingerprint density at radius 1 is 0.837 bits per heavy atom. The minimum atomic E-state index is -1.90. The molecule has 2 aromatic carbocycles. The molecule has 234 valence electrons. The van der Waals surface area contributed by atoms with Gasteiger partial charge in [0, 0.05) is 37.4 Å². The number of ether oxygens (including phenoxy) is 4. The van der Waals surface area contributed by atoms with Gasteiger partial charge in [0.25, 0.3) is 5.91 Å². The van der Waals surface area contributed by atoms with Crippen molar-refractivity contribution < 1.29 is 33.3 Å². The molecule has 0 aliphatic carbocycles. The summed E-state index contributed by atoms with van der Waals surface area (Å²) < 4.78 is 22.5. The lowest BCUT2D eigenvalue weighted by molar-refractivity contribution is -0.188. The summed E-state index contributed by atoms with van der Waals surface area (Å²) in [6.07, 6.45) is 0.717. The van der Waals surface area contributed by atoms with Crippen LogP contribution < -0.4 is 15.0 Å². The van der Waals surface area contributed by atoms with Gasteiger partial charge in [0.15, 0.2) is 0 Å². The number of fused-ring (bicyclic) bond motifs is 1. The van der Waals surface area contributed by atoms with Crippen LogP contribution in [0.1, 0.15) is 63.0 Å². The molecule has 1 saturated heterocycles. The number of esters is 2. The Kier molecular flexibility index (Phi) is 9.71. The third-order valence-corrected chi connectivity index (χ3v) is 7.48. The van der Waals surface area contributed by atoms with Crippen molar-refractivity contribution in [1.29, 1.82) is 0 Å². The molecule has 0 spiro atoms. The maximum atomic E-state index is 14.1. The molecule has 1 amide bonds. The van der Waals surface area contributed by atoms with Crippen molar-refractivity contribution in [2.45, 2.75) is 71.3 Å². The van der Waals surface area contributed by atoms with Gasteiger partial charge in [0.05, 0.1) is 26.9 Å². The van der Waals surface area contributed by atoms with Crippen molar-refractivity contribution in [2.24, 2.45) is 0 Å². The van der Waals surface area contributed by atoms with Crippen molar-refractivity contribution >= 4 is 23.5 Å². The minimum absolute atomic E-state index is 0.307. The number of carbonyl (C=O) groups is 3. The van der Waals surface area contributed by atoms with Crippen LogP contribution in [0.5, 0.6) is 5.75 Å². The van der Waals surface area contributed by atoms with Gasteiger partial charge in [-0.2, -0.15) is 0 Å². The summed E-state index contributed by atoms with van der Waals surface area (Å²) >= 11 is 0. The van der Waals surface area contributed by atoms with E-state index < -0.39 is 28.7 Å². The SMILES string of the molecule is COc1ccc(N2CCN(C(CNC(=O)c3ccc4c(c3)CCOC4)(C(=O)OC(C)(C)C)C(=O)OC(C)(C)C)CC2)cc1. The molecule has 2 aliphatic heterocycles. The molecule has 0 saturated carbocycles. The Labute approximate surface area is 254 Å². The molecule has 1 fully saturated rings. The topological polar surface area (TPSA) is 107 Å². The molecule has 10 heteroatoms. The summed E-state index contributed by atoms with van der Waals surface area (Å²) in [5.41, 5.74) is -0.0864.